The molecule has 2 rings (SSSR count). The molecular weight excluding hydrogens is 282 g/mol. The number of hydrogen-bond acceptors (Lipinski definition) is 3. The summed E-state index contributed by atoms with van der Waals surface area (Å²) in [6, 6.07) is 10.1. The fourth-order valence-electron chi connectivity index (χ4n) is 1.45. The number of nitrogens with zero attached hydrogens (tertiary/aromatic N) is 2. The number of halogens is 1. The van der Waals surface area contributed by atoms with Crippen LogP contribution in [-0.2, 0) is 17.9 Å². The highest BCUT2D eigenvalue weighted by Crippen LogP contribution is 2.15. The molecule has 0 bridgehead atoms. The molecule has 0 spiro atoms. The summed E-state index contributed by atoms with van der Waals surface area (Å²) in [4.78, 5) is 0. The maximum absolute atomic E-state index is 5.62. The Labute approximate surface area is 109 Å². The zero-order chi connectivity index (χ0) is 12.1. The number of nitrogen functional groups attached to an aromatic ring is 1. The third-order valence-electron chi connectivity index (χ3n) is 2.32. The van der Waals surface area contributed by atoms with Crippen LogP contribution in [0.25, 0.3) is 0 Å². The first-order valence-corrected chi connectivity index (χ1v) is 6.15. The third kappa shape index (κ3) is 3.57. The molecule has 0 radical (unpaired) electrons. The van der Waals surface area contributed by atoms with Crippen LogP contribution in [0, 0.1) is 0 Å². The zero-order valence-electron chi connectivity index (χ0n) is 9.34. The number of benzene rings is 1. The van der Waals surface area contributed by atoms with E-state index in [1.807, 2.05) is 36.5 Å². The summed E-state index contributed by atoms with van der Waals surface area (Å²) in [6.07, 6.45) is 1.85. The number of nitrogens with two attached hydrogens (primary N) is 1. The molecule has 1 heterocycles. The van der Waals surface area contributed by atoms with Gasteiger partial charge in [0.1, 0.15) is 0 Å². The molecule has 5 heteroatoms. The second-order valence-electron chi connectivity index (χ2n) is 3.66. The molecule has 0 fully saturated rings. The lowest BCUT2D eigenvalue weighted by atomic mass is 10.2. The van der Waals surface area contributed by atoms with Gasteiger partial charge >= 0.3 is 0 Å². The molecule has 0 aliphatic rings. The molecule has 0 atom stereocenters. The molecule has 0 aliphatic heterocycles. The van der Waals surface area contributed by atoms with Crippen LogP contribution in [0.5, 0.6) is 0 Å². The van der Waals surface area contributed by atoms with Gasteiger partial charge in [0.05, 0.1) is 24.2 Å². The van der Waals surface area contributed by atoms with E-state index in [0.717, 1.165) is 4.47 Å². The standard InChI is InChI=1S/C12H14BrN3O/c13-11-8-16(15-12(11)14)6-7-17-9-10-4-2-1-3-5-10/h1-5,8H,6-7,9H2,(H2,14,15). The van der Waals surface area contributed by atoms with Gasteiger partial charge in [-0.3, -0.25) is 4.68 Å². The Morgan fingerprint density at radius 1 is 1.29 bits per heavy atom. The van der Waals surface area contributed by atoms with E-state index in [1.54, 1.807) is 4.68 Å². The largest absolute Gasteiger partial charge is 0.381 e. The van der Waals surface area contributed by atoms with Crippen LogP contribution in [0.15, 0.2) is 41.0 Å². The Bertz CT molecular complexity index is 450. The van der Waals surface area contributed by atoms with Crippen LogP contribution in [0.3, 0.4) is 0 Å². The van der Waals surface area contributed by atoms with Gasteiger partial charge in [0.2, 0.25) is 0 Å². The Morgan fingerprint density at radius 3 is 2.71 bits per heavy atom. The van der Waals surface area contributed by atoms with E-state index in [0.29, 0.717) is 25.6 Å². The number of ether oxygens (including phenoxy) is 1. The van der Waals surface area contributed by atoms with Gasteiger partial charge in [0, 0.05) is 6.20 Å². The molecule has 0 saturated heterocycles. The van der Waals surface area contributed by atoms with Crippen molar-refractivity contribution < 1.29 is 4.74 Å². The Hall–Kier alpha value is -1.33. The van der Waals surface area contributed by atoms with E-state index in [1.165, 1.54) is 5.56 Å². The number of rotatable bonds is 5. The SMILES string of the molecule is Nc1nn(CCOCc2ccccc2)cc1Br. The molecule has 90 valence electrons. The minimum atomic E-state index is 0.507. The predicted molar refractivity (Wildman–Crippen MR) is 70.4 cm³/mol. The van der Waals surface area contributed by atoms with Crippen molar-refractivity contribution >= 4 is 21.7 Å². The van der Waals surface area contributed by atoms with Crippen LogP contribution in [0.4, 0.5) is 5.82 Å². The van der Waals surface area contributed by atoms with Gasteiger partial charge in [0.15, 0.2) is 5.82 Å². The fraction of sp³-hybridized carbons (Fsp3) is 0.250. The summed E-state index contributed by atoms with van der Waals surface area (Å²) in [5.41, 5.74) is 6.79. The van der Waals surface area contributed by atoms with Crippen LogP contribution in [0.2, 0.25) is 0 Å². The summed E-state index contributed by atoms with van der Waals surface area (Å²) in [5, 5.41) is 4.12. The summed E-state index contributed by atoms with van der Waals surface area (Å²) in [5.74, 6) is 0.507. The lowest BCUT2D eigenvalue weighted by Gasteiger charge is -2.04. The van der Waals surface area contributed by atoms with E-state index in [9.17, 15) is 0 Å². The van der Waals surface area contributed by atoms with Gasteiger partial charge in [-0.05, 0) is 21.5 Å². The smallest absolute Gasteiger partial charge is 0.159 e. The molecule has 0 saturated carbocycles. The van der Waals surface area contributed by atoms with Crippen molar-refractivity contribution in [3.63, 3.8) is 0 Å². The van der Waals surface area contributed by atoms with Crippen molar-refractivity contribution in [1.29, 1.82) is 0 Å². The highest BCUT2D eigenvalue weighted by Gasteiger charge is 2.01. The van der Waals surface area contributed by atoms with Gasteiger partial charge in [0.25, 0.3) is 0 Å². The quantitative estimate of drug-likeness (QED) is 0.862. The first kappa shape index (κ1) is 12.1. The van der Waals surface area contributed by atoms with Gasteiger partial charge in [-0.1, -0.05) is 30.3 Å². The first-order chi connectivity index (χ1) is 8.25. The second-order valence-corrected chi connectivity index (χ2v) is 4.52. The second kappa shape index (κ2) is 5.84. The topological polar surface area (TPSA) is 53.1 Å². The molecule has 2 N–H and O–H groups in total. The average Bonchev–Trinajstić information content (AvgIpc) is 2.66. The maximum Gasteiger partial charge on any atom is 0.159 e. The monoisotopic (exact) mass is 295 g/mol. The first-order valence-electron chi connectivity index (χ1n) is 5.36. The maximum atomic E-state index is 5.62. The molecule has 0 unspecified atom stereocenters. The van der Waals surface area contributed by atoms with E-state index in [4.69, 9.17) is 10.5 Å². The Morgan fingerprint density at radius 2 is 2.06 bits per heavy atom. The van der Waals surface area contributed by atoms with Crippen LogP contribution >= 0.6 is 15.9 Å². The number of aromatic nitrogens is 2. The van der Waals surface area contributed by atoms with Crippen molar-refractivity contribution in [2.45, 2.75) is 13.2 Å². The van der Waals surface area contributed by atoms with E-state index < -0.39 is 0 Å². The highest BCUT2D eigenvalue weighted by atomic mass is 79.9. The van der Waals surface area contributed by atoms with Gasteiger partial charge in [-0.2, -0.15) is 5.10 Å². The van der Waals surface area contributed by atoms with Gasteiger partial charge in [-0.15, -0.1) is 0 Å². The van der Waals surface area contributed by atoms with Crippen molar-refractivity contribution in [2.24, 2.45) is 0 Å². The van der Waals surface area contributed by atoms with Gasteiger partial charge < -0.3 is 10.5 Å². The average molecular weight is 296 g/mol. The predicted octanol–water partition coefficient (Wildman–Crippen LogP) is 2.44. The zero-order valence-corrected chi connectivity index (χ0v) is 10.9. The fourth-order valence-corrected chi connectivity index (χ4v) is 1.76. The van der Waals surface area contributed by atoms with Crippen molar-refractivity contribution in [3.8, 4) is 0 Å². The van der Waals surface area contributed by atoms with E-state index in [-0.39, 0.29) is 0 Å². The normalized spacial score (nSPS) is 10.6. The summed E-state index contributed by atoms with van der Waals surface area (Å²) >= 11 is 3.31. The van der Waals surface area contributed by atoms with Gasteiger partial charge in [-0.25, -0.2) is 0 Å². The minimum Gasteiger partial charge on any atom is -0.381 e. The molecule has 1 aromatic carbocycles. The third-order valence-corrected chi connectivity index (χ3v) is 2.93. The van der Waals surface area contributed by atoms with Crippen LogP contribution in [-0.4, -0.2) is 16.4 Å². The van der Waals surface area contributed by atoms with Crippen LogP contribution in [0.1, 0.15) is 5.56 Å². The minimum absolute atomic E-state index is 0.507. The van der Waals surface area contributed by atoms with Crippen molar-refractivity contribution in [3.05, 3.63) is 46.6 Å². The Kier molecular flexibility index (Phi) is 4.17. The molecule has 4 nitrogen and oxygen atoms in total. The molecular formula is C12H14BrN3O. The molecule has 0 amide bonds. The summed E-state index contributed by atoms with van der Waals surface area (Å²) in [6.45, 7) is 1.93. The Balaban J connectivity index is 1.73. The number of hydrogen-bond donors (Lipinski definition) is 1. The van der Waals surface area contributed by atoms with E-state index in [2.05, 4.69) is 21.0 Å². The molecule has 1 aromatic heterocycles. The van der Waals surface area contributed by atoms with Crippen LogP contribution < -0.4 is 5.73 Å². The summed E-state index contributed by atoms with van der Waals surface area (Å²) in [7, 11) is 0. The lowest BCUT2D eigenvalue weighted by Crippen LogP contribution is -2.06. The van der Waals surface area contributed by atoms with E-state index >= 15 is 0 Å². The summed E-state index contributed by atoms with van der Waals surface area (Å²) < 4.78 is 8.14. The van der Waals surface area contributed by atoms with Crippen molar-refractivity contribution in [2.75, 3.05) is 12.3 Å². The molecule has 17 heavy (non-hydrogen) atoms. The highest BCUT2D eigenvalue weighted by molar-refractivity contribution is 9.10. The lowest BCUT2D eigenvalue weighted by molar-refractivity contribution is 0.111. The van der Waals surface area contributed by atoms with Crippen molar-refractivity contribution in [1.82, 2.24) is 9.78 Å². The molecule has 2 aromatic rings. The molecule has 0 aliphatic carbocycles. The number of anilines is 1.